The molecule has 0 spiro atoms. The summed E-state index contributed by atoms with van der Waals surface area (Å²) in [5.74, 6) is 1.77. The molecule has 8 heteroatoms. The van der Waals surface area contributed by atoms with E-state index in [0.29, 0.717) is 34.1 Å². The molecule has 0 aliphatic carbocycles. The molecule has 2 heterocycles. The van der Waals surface area contributed by atoms with Crippen LogP contribution in [0.15, 0.2) is 85.2 Å². The minimum absolute atomic E-state index is 0.369. The van der Waals surface area contributed by atoms with Crippen LogP contribution >= 0.6 is 0 Å². The third kappa shape index (κ3) is 4.16. The Bertz CT molecular complexity index is 1790. The standard InChI is InChI=1S/C34H28N2O6/c1-39-31-15-21(16-32(40-2)27(31)19-37)35-13-11-25-23(7-5-9-29(25)35)24-8-6-10-30-26(24)12-14-36(30)22-17-33(41-3)28(20-38)34(18-22)42-4/h5-20H,1-4H3. The molecule has 0 atom stereocenters. The second-order valence-corrected chi connectivity index (χ2v) is 9.61. The predicted molar refractivity (Wildman–Crippen MR) is 163 cm³/mol. The Kier molecular flexibility index (Phi) is 6.88. The molecule has 0 bridgehead atoms. The summed E-state index contributed by atoms with van der Waals surface area (Å²) in [7, 11) is 6.14. The molecule has 0 saturated heterocycles. The van der Waals surface area contributed by atoms with E-state index in [0.717, 1.165) is 56.9 Å². The van der Waals surface area contributed by atoms with E-state index in [1.165, 1.54) is 28.4 Å². The first-order valence-corrected chi connectivity index (χ1v) is 13.2. The van der Waals surface area contributed by atoms with Crippen LogP contribution in [0, 0.1) is 0 Å². The van der Waals surface area contributed by atoms with Gasteiger partial charge in [-0.15, -0.1) is 0 Å². The molecular formula is C34H28N2O6. The van der Waals surface area contributed by atoms with Gasteiger partial charge in [0.1, 0.15) is 23.0 Å². The molecule has 0 fully saturated rings. The highest BCUT2D eigenvalue weighted by Gasteiger charge is 2.18. The van der Waals surface area contributed by atoms with E-state index in [2.05, 4.69) is 45.5 Å². The Morgan fingerprint density at radius 2 is 0.881 bits per heavy atom. The molecule has 0 saturated carbocycles. The van der Waals surface area contributed by atoms with Crippen LogP contribution in [0.4, 0.5) is 0 Å². The van der Waals surface area contributed by atoms with E-state index in [1.807, 2.05) is 48.8 Å². The number of hydrogen-bond acceptors (Lipinski definition) is 6. The molecule has 42 heavy (non-hydrogen) atoms. The van der Waals surface area contributed by atoms with Crippen molar-refractivity contribution in [3.63, 3.8) is 0 Å². The highest BCUT2D eigenvalue weighted by molar-refractivity contribution is 6.05. The SMILES string of the molecule is COc1cc(-n2ccc3c(-c4cccc5c4ccn5-c4cc(OC)c(C=O)c(OC)c4)cccc32)cc(OC)c1C=O. The average molecular weight is 561 g/mol. The monoisotopic (exact) mass is 560 g/mol. The van der Waals surface area contributed by atoms with Crippen LogP contribution in [-0.2, 0) is 0 Å². The molecule has 8 nitrogen and oxygen atoms in total. The lowest BCUT2D eigenvalue weighted by atomic mass is 9.98. The minimum Gasteiger partial charge on any atom is -0.496 e. The van der Waals surface area contributed by atoms with E-state index in [1.54, 1.807) is 0 Å². The third-order valence-electron chi connectivity index (χ3n) is 7.61. The number of carbonyl (C=O) groups excluding carboxylic acids is 2. The lowest BCUT2D eigenvalue weighted by Gasteiger charge is -2.14. The largest absolute Gasteiger partial charge is 0.496 e. The molecule has 210 valence electrons. The van der Waals surface area contributed by atoms with E-state index in [9.17, 15) is 9.59 Å². The molecule has 6 rings (SSSR count). The molecule has 2 aromatic heterocycles. The number of fused-ring (bicyclic) bond motifs is 2. The molecule has 4 aromatic carbocycles. The van der Waals surface area contributed by atoms with Gasteiger partial charge in [-0.3, -0.25) is 9.59 Å². The Morgan fingerprint density at radius 3 is 1.19 bits per heavy atom. The number of methoxy groups -OCH3 is 4. The zero-order valence-electron chi connectivity index (χ0n) is 23.6. The third-order valence-corrected chi connectivity index (χ3v) is 7.61. The first kappa shape index (κ1) is 26.7. The van der Waals surface area contributed by atoms with Crippen LogP contribution < -0.4 is 18.9 Å². The number of carbonyl (C=O) groups is 2. The van der Waals surface area contributed by atoms with Gasteiger partial charge in [0.2, 0.25) is 0 Å². The zero-order chi connectivity index (χ0) is 29.4. The van der Waals surface area contributed by atoms with Crippen molar-refractivity contribution in [1.82, 2.24) is 9.13 Å². The van der Waals surface area contributed by atoms with Gasteiger partial charge in [0.25, 0.3) is 0 Å². The van der Waals surface area contributed by atoms with E-state index < -0.39 is 0 Å². The second kappa shape index (κ2) is 10.8. The van der Waals surface area contributed by atoms with Gasteiger partial charge < -0.3 is 28.1 Å². The fourth-order valence-corrected chi connectivity index (χ4v) is 5.62. The molecule has 0 radical (unpaired) electrons. The fraction of sp³-hybridized carbons (Fsp3) is 0.118. The fourth-order valence-electron chi connectivity index (χ4n) is 5.62. The molecule has 0 unspecified atom stereocenters. The van der Waals surface area contributed by atoms with Gasteiger partial charge in [0, 0.05) is 47.4 Å². The van der Waals surface area contributed by atoms with Crippen LogP contribution in [-0.4, -0.2) is 50.1 Å². The highest BCUT2D eigenvalue weighted by Crippen LogP contribution is 2.39. The van der Waals surface area contributed by atoms with Crippen molar-refractivity contribution in [1.29, 1.82) is 0 Å². The van der Waals surface area contributed by atoms with Gasteiger partial charge in [-0.1, -0.05) is 24.3 Å². The number of benzene rings is 4. The maximum Gasteiger partial charge on any atom is 0.157 e. The van der Waals surface area contributed by atoms with Crippen LogP contribution in [0.3, 0.4) is 0 Å². The first-order valence-electron chi connectivity index (χ1n) is 13.2. The van der Waals surface area contributed by atoms with Gasteiger partial charge in [0.15, 0.2) is 12.6 Å². The van der Waals surface area contributed by atoms with Gasteiger partial charge in [-0.2, -0.15) is 0 Å². The highest BCUT2D eigenvalue weighted by atomic mass is 16.5. The quantitative estimate of drug-likeness (QED) is 0.179. The number of ether oxygens (including phenoxy) is 4. The summed E-state index contributed by atoms with van der Waals surface area (Å²) in [5, 5.41) is 2.13. The Labute approximate surface area is 242 Å². The van der Waals surface area contributed by atoms with E-state index in [4.69, 9.17) is 18.9 Å². The van der Waals surface area contributed by atoms with Crippen LogP contribution in [0.5, 0.6) is 23.0 Å². The van der Waals surface area contributed by atoms with Crippen molar-refractivity contribution in [2.75, 3.05) is 28.4 Å². The summed E-state index contributed by atoms with van der Waals surface area (Å²) < 4.78 is 26.1. The van der Waals surface area contributed by atoms with Gasteiger partial charge in [-0.05, 0) is 35.4 Å². The van der Waals surface area contributed by atoms with Crippen molar-refractivity contribution in [3.8, 4) is 45.5 Å². The van der Waals surface area contributed by atoms with Gasteiger partial charge in [-0.25, -0.2) is 0 Å². The number of aromatic nitrogens is 2. The first-order chi connectivity index (χ1) is 20.6. The van der Waals surface area contributed by atoms with Crippen molar-refractivity contribution in [3.05, 3.63) is 96.3 Å². The number of aldehydes is 2. The topological polar surface area (TPSA) is 80.9 Å². The van der Waals surface area contributed by atoms with Crippen molar-refractivity contribution >= 4 is 34.4 Å². The molecule has 0 aliphatic rings. The van der Waals surface area contributed by atoms with Crippen molar-refractivity contribution in [2.24, 2.45) is 0 Å². The van der Waals surface area contributed by atoms with Crippen LogP contribution in [0.1, 0.15) is 20.7 Å². The summed E-state index contributed by atoms with van der Waals surface area (Å²) in [6, 6.07) is 23.9. The normalized spacial score (nSPS) is 11.0. The Morgan fingerprint density at radius 1 is 0.524 bits per heavy atom. The summed E-state index contributed by atoms with van der Waals surface area (Å²) in [5.41, 5.74) is 6.49. The number of rotatable bonds is 9. The molecule has 0 aliphatic heterocycles. The van der Waals surface area contributed by atoms with E-state index in [-0.39, 0.29) is 0 Å². The lowest BCUT2D eigenvalue weighted by Crippen LogP contribution is -2.00. The molecule has 0 N–H and O–H groups in total. The summed E-state index contributed by atoms with van der Waals surface area (Å²) in [6.45, 7) is 0. The summed E-state index contributed by atoms with van der Waals surface area (Å²) in [6.07, 6.45) is 5.48. The zero-order valence-corrected chi connectivity index (χ0v) is 23.6. The van der Waals surface area contributed by atoms with Crippen LogP contribution in [0.25, 0.3) is 44.3 Å². The predicted octanol–water partition coefficient (Wildman–Crippen LogP) is 6.90. The van der Waals surface area contributed by atoms with Gasteiger partial charge >= 0.3 is 0 Å². The van der Waals surface area contributed by atoms with Crippen LogP contribution in [0.2, 0.25) is 0 Å². The second-order valence-electron chi connectivity index (χ2n) is 9.61. The van der Waals surface area contributed by atoms with E-state index >= 15 is 0 Å². The Hall–Kier alpha value is -5.50. The average Bonchev–Trinajstić information content (AvgIpc) is 3.68. The summed E-state index contributed by atoms with van der Waals surface area (Å²) in [4.78, 5) is 23.4. The molecular weight excluding hydrogens is 532 g/mol. The van der Waals surface area contributed by atoms with Crippen molar-refractivity contribution < 1.29 is 28.5 Å². The summed E-state index contributed by atoms with van der Waals surface area (Å²) >= 11 is 0. The number of nitrogens with zero attached hydrogens (tertiary/aromatic N) is 2. The van der Waals surface area contributed by atoms with Crippen molar-refractivity contribution in [2.45, 2.75) is 0 Å². The molecule has 6 aromatic rings. The maximum atomic E-state index is 11.7. The number of hydrogen-bond donors (Lipinski definition) is 0. The Balaban J connectivity index is 1.51. The van der Waals surface area contributed by atoms with Gasteiger partial charge in [0.05, 0.1) is 62.0 Å². The smallest absolute Gasteiger partial charge is 0.157 e. The lowest BCUT2D eigenvalue weighted by molar-refractivity contribution is 0.111. The minimum atomic E-state index is 0.369. The molecule has 0 amide bonds. The maximum absolute atomic E-state index is 11.7.